The van der Waals surface area contributed by atoms with Gasteiger partial charge in [0.25, 0.3) is 0 Å². The van der Waals surface area contributed by atoms with E-state index in [-0.39, 0.29) is 5.91 Å². The van der Waals surface area contributed by atoms with Gasteiger partial charge in [-0.05, 0) is 12.8 Å². The van der Waals surface area contributed by atoms with Crippen LogP contribution in [-0.2, 0) is 14.3 Å². The van der Waals surface area contributed by atoms with E-state index in [9.17, 15) is 15.0 Å². The highest BCUT2D eigenvalue weighted by atomic mass is 16.7. The van der Waals surface area contributed by atoms with Gasteiger partial charge in [0.1, 0.15) is 24.4 Å². The molecule has 4 N–H and O–H groups in total. The molecule has 0 bridgehead atoms. The number of allylic oxidation sites excluding steroid dienone is 1. The van der Waals surface area contributed by atoms with Gasteiger partial charge in [-0.3, -0.25) is 4.79 Å². The van der Waals surface area contributed by atoms with Gasteiger partial charge in [0, 0.05) is 6.92 Å². The van der Waals surface area contributed by atoms with Gasteiger partial charge in [0.15, 0.2) is 6.29 Å². The fraction of sp³-hybridized carbons (Fsp3) is 0.769. The summed E-state index contributed by atoms with van der Waals surface area (Å²) in [5.74, 6) is -0.369. The summed E-state index contributed by atoms with van der Waals surface area (Å²) in [6.07, 6.45) is -1.17. The van der Waals surface area contributed by atoms with E-state index in [1.807, 2.05) is 0 Å². The smallest absolute Gasteiger partial charge is 0.217 e. The van der Waals surface area contributed by atoms with Crippen molar-refractivity contribution >= 4 is 5.91 Å². The van der Waals surface area contributed by atoms with Crippen LogP contribution in [0.1, 0.15) is 19.8 Å². The molecule has 0 aromatic heterocycles. The number of aliphatic hydroxyl groups is 3. The van der Waals surface area contributed by atoms with Gasteiger partial charge in [-0.15, -0.1) is 6.58 Å². The summed E-state index contributed by atoms with van der Waals surface area (Å²) in [5.41, 5.74) is 0. The summed E-state index contributed by atoms with van der Waals surface area (Å²) in [4.78, 5) is 11.2. The first-order valence-electron chi connectivity index (χ1n) is 6.63. The molecule has 1 aliphatic rings. The predicted octanol–water partition coefficient (Wildman–Crippen LogP) is -1.09. The Morgan fingerprint density at radius 1 is 1.45 bits per heavy atom. The van der Waals surface area contributed by atoms with Crippen LogP contribution in [0.5, 0.6) is 0 Å². The maximum absolute atomic E-state index is 11.2. The number of rotatable bonds is 7. The molecular weight excluding hydrogens is 266 g/mol. The van der Waals surface area contributed by atoms with Crippen LogP contribution < -0.4 is 5.32 Å². The zero-order chi connectivity index (χ0) is 15.1. The Kier molecular flexibility index (Phi) is 7.11. The molecule has 0 aromatic rings. The summed E-state index contributed by atoms with van der Waals surface area (Å²) in [6, 6.07) is -0.881. The summed E-state index contributed by atoms with van der Waals surface area (Å²) < 4.78 is 10.9. The first-order valence-corrected chi connectivity index (χ1v) is 6.63. The van der Waals surface area contributed by atoms with Crippen molar-refractivity contribution in [1.29, 1.82) is 0 Å². The highest BCUT2D eigenvalue weighted by Gasteiger charge is 2.45. The standard InChI is InChI=1S/C13H23NO6/c1-3-4-5-6-19-13-10(14-8(2)16)12(18)11(17)9(7-15)20-13/h3,9-13,15,17-18H,1,4-7H2,2H3,(H,14,16)/t9?,10?,11-,12-,13+/m1/s1. The zero-order valence-corrected chi connectivity index (χ0v) is 11.6. The molecule has 116 valence electrons. The quantitative estimate of drug-likeness (QED) is 0.350. The van der Waals surface area contributed by atoms with Gasteiger partial charge >= 0.3 is 0 Å². The van der Waals surface area contributed by atoms with Gasteiger partial charge in [-0.2, -0.15) is 0 Å². The van der Waals surface area contributed by atoms with E-state index in [4.69, 9.17) is 14.6 Å². The Morgan fingerprint density at radius 2 is 2.15 bits per heavy atom. The molecule has 0 aromatic carbocycles. The minimum atomic E-state index is -1.29. The van der Waals surface area contributed by atoms with Crippen molar-refractivity contribution in [3.63, 3.8) is 0 Å². The summed E-state index contributed by atoms with van der Waals surface area (Å²) in [7, 11) is 0. The van der Waals surface area contributed by atoms with Gasteiger partial charge in [0.05, 0.1) is 13.2 Å². The Morgan fingerprint density at radius 3 is 2.70 bits per heavy atom. The van der Waals surface area contributed by atoms with Gasteiger partial charge in [0.2, 0.25) is 5.91 Å². The first kappa shape index (κ1) is 17.1. The van der Waals surface area contributed by atoms with Crippen LogP contribution in [0.15, 0.2) is 12.7 Å². The van der Waals surface area contributed by atoms with E-state index in [0.717, 1.165) is 12.8 Å². The minimum Gasteiger partial charge on any atom is -0.394 e. The molecule has 1 fully saturated rings. The molecule has 1 heterocycles. The van der Waals surface area contributed by atoms with Crippen LogP contribution in [0.4, 0.5) is 0 Å². The molecule has 7 heteroatoms. The number of hydrogen-bond acceptors (Lipinski definition) is 6. The Hall–Kier alpha value is -0.990. The van der Waals surface area contributed by atoms with Crippen LogP contribution >= 0.6 is 0 Å². The predicted molar refractivity (Wildman–Crippen MR) is 70.7 cm³/mol. The molecule has 1 aliphatic heterocycles. The van der Waals surface area contributed by atoms with Crippen molar-refractivity contribution in [3.05, 3.63) is 12.7 Å². The van der Waals surface area contributed by atoms with E-state index in [1.165, 1.54) is 6.92 Å². The summed E-state index contributed by atoms with van der Waals surface area (Å²) in [5, 5.41) is 31.4. The Balaban J connectivity index is 2.67. The van der Waals surface area contributed by atoms with E-state index in [2.05, 4.69) is 11.9 Å². The SMILES string of the molecule is C=CCCCO[C@H]1OC(CO)[C@@H](O)[C@H](O)C1NC(C)=O. The fourth-order valence-electron chi connectivity index (χ4n) is 2.04. The minimum absolute atomic E-state index is 0.355. The Labute approximate surface area is 118 Å². The number of hydrogen-bond donors (Lipinski definition) is 4. The number of carbonyl (C=O) groups is 1. The number of ether oxygens (including phenoxy) is 2. The highest BCUT2D eigenvalue weighted by Crippen LogP contribution is 2.22. The molecule has 1 saturated heterocycles. The first-order chi connectivity index (χ1) is 9.51. The lowest BCUT2D eigenvalue weighted by molar-refractivity contribution is -0.270. The summed E-state index contributed by atoms with van der Waals surface area (Å²) in [6.45, 7) is 4.80. The van der Waals surface area contributed by atoms with Gasteiger partial charge in [-0.1, -0.05) is 6.08 Å². The number of carbonyl (C=O) groups excluding carboxylic acids is 1. The number of aliphatic hydroxyl groups excluding tert-OH is 3. The van der Waals surface area contributed by atoms with Crippen molar-refractivity contribution in [2.24, 2.45) is 0 Å². The molecule has 20 heavy (non-hydrogen) atoms. The Bertz CT molecular complexity index is 324. The largest absolute Gasteiger partial charge is 0.394 e. The van der Waals surface area contributed by atoms with Crippen molar-refractivity contribution in [2.45, 2.75) is 50.4 Å². The lowest BCUT2D eigenvalue weighted by Crippen LogP contribution is -2.64. The molecule has 0 saturated carbocycles. The molecule has 7 nitrogen and oxygen atoms in total. The van der Waals surface area contributed by atoms with Crippen molar-refractivity contribution < 1.29 is 29.6 Å². The maximum atomic E-state index is 11.2. The molecule has 0 radical (unpaired) electrons. The second kappa shape index (κ2) is 8.33. The summed E-state index contributed by atoms with van der Waals surface area (Å²) >= 11 is 0. The van der Waals surface area contributed by atoms with Crippen LogP contribution in [0.25, 0.3) is 0 Å². The zero-order valence-electron chi connectivity index (χ0n) is 11.6. The van der Waals surface area contributed by atoms with Crippen molar-refractivity contribution in [2.75, 3.05) is 13.2 Å². The van der Waals surface area contributed by atoms with E-state index in [1.54, 1.807) is 6.08 Å². The second-order valence-electron chi connectivity index (χ2n) is 4.73. The monoisotopic (exact) mass is 289 g/mol. The normalized spacial score (nSPS) is 33.7. The third-order valence-corrected chi connectivity index (χ3v) is 3.09. The third-order valence-electron chi connectivity index (χ3n) is 3.09. The van der Waals surface area contributed by atoms with Gasteiger partial charge < -0.3 is 30.1 Å². The van der Waals surface area contributed by atoms with Gasteiger partial charge in [-0.25, -0.2) is 0 Å². The number of unbranched alkanes of at least 4 members (excludes halogenated alkanes) is 1. The fourth-order valence-corrected chi connectivity index (χ4v) is 2.04. The van der Waals surface area contributed by atoms with E-state index in [0.29, 0.717) is 6.61 Å². The molecule has 2 unspecified atom stereocenters. The van der Waals surface area contributed by atoms with E-state index < -0.39 is 37.3 Å². The lowest BCUT2D eigenvalue weighted by Gasteiger charge is -2.42. The van der Waals surface area contributed by atoms with Crippen molar-refractivity contribution in [1.82, 2.24) is 5.32 Å². The average Bonchev–Trinajstić information content (AvgIpc) is 2.41. The molecule has 5 atom stereocenters. The van der Waals surface area contributed by atoms with Crippen LogP contribution in [0.3, 0.4) is 0 Å². The molecule has 1 rings (SSSR count). The topological polar surface area (TPSA) is 108 Å². The molecule has 0 aliphatic carbocycles. The van der Waals surface area contributed by atoms with Crippen LogP contribution in [0, 0.1) is 0 Å². The lowest BCUT2D eigenvalue weighted by atomic mass is 9.97. The van der Waals surface area contributed by atoms with Crippen LogP contribution in [-0.4, -0.2) is 65.1 Å². The average molecular weight is 289 g/mol. The third kappa shape index (κ3) is 4.53. The number of nitrogens with one attached hydrogen (secondary N) is 1. The van der Waals surface area contributed by atoms with E-state index >= 15 is 0 Å². The molecular formula is C13H23NO6. The van der Waals surface area contributed by atoms with Crippen molar-refractivity contribution in [3.8, 4) is 0 Å². The number of amides is 1. The second-order valence-corrected chi connectivity index (χ2v) is 4.73. The van der Waals surface area contributed by atoms with Crippen LogP contribution in [0.2, 0.25) is 0 Å². The highest BCUT2D eigenvalue weighted by molar-refractivity contribution is 5.73. The molecule has 1 amide bonds. The molecule has 0 spiro atoms. The maximum Gasteiger partial charge on any atom is 0.217 e.